The van der Waals surface area contributed by atoms with Crippen LogP contribution in [0.2, 0.25) is 0 Å². The number of benzene rings is 1. The van der Waals surface area contributed by atoms with Crippen LogP contribution in [0.3, 0.4) is 0 Å². The molecular formula is C12H12N4O5. The van der Waals surface area contributed by atoms with Crippen LogP contribution in [0.5, 0.6) is 0 Å². The first-order valence-corrected chi connectivity index (χ1v) is 5.94. The number of hydrogen-bond acceptors (Lipinski definition) is 8. The van der Waals surface area contributed by atoms with Crippen LogP contribution in [0, 0.1) is 10.1 Å². The number of nitrogens with zero attached hydrogens (tertiary/aromatic N) is 4. The largest absolute Gasteiger partial charge is 0.461 e. The van der Waals surface area contributed by atoms with Crippen molar-refractivity contribution in [1.82, 2.24) is 10.3 Å². The molecule has 0 spiro atoms. The fraction of sp³-hybridized carbons (Fsp3) is 0.250. The van der Waals surface area contributed by atoms with Crippen molar-refractivity contribution in [3.05, 3.63) is 34.9 Å². The van der Waals surface area contributed by atoms with Gasteiger partial charge in [-0.3, -0.25) is 10.1 Å². The molecule has 0 N–H and O–H groups in total. The first kappa shape index (κ1) is 14.4. The highest BCUT2D eigenvalue weighted by Gasteiger charge is 2.21. The van der Waals surface area contributed by atoms with Crippen LogP contribution in [0.1, 0.15) is 0 Å². The lowest BCUT2D eigenvalue weighted by atomic mass is 10.2. The number of esters is 1. The average molecular weight is 292 g/mol. The number of nitro benzene ring substituents is 1. The molecule has 0 fully saturated rings. The summed E-state index contributed by atoms with van der Waals surface area (Å²) in [4.78, 5) is 23.0. The molecule has 0 radical (unpaired) electrons. The molecule has 1 aromatic heterocycles. The van der Waals surface area contributed by atoms with Crippen molar-refractivity contribution >= 4 is 28.4 Å². The Morgan fingerprint density at radius 3 is 2.90 bits per heavy atom. The molecule has 0 aliphatic carbocycles. The van der Waals surface area contributed by atoms with Crippen molar-refractivity contribution in [2.24, 2.45) is 0 Å². The number of aromatic nitrogens is 2. The Labute approximate surface area is 118 Å². The number of ether oxygens (including phenoxy) is 1. The molecule has 9 nitrogen and oxygen atoms in total. The van der Waals surface area contributed by atoms with E-state index in [0.717, 1.165) is 6.08 Å². The maximum atomic E-state index is 10.9. The van der Waals surface area contributed by atoms with Gasteiger partial charge in [0.15, 0.2) is 5.52 Å². The van der Waals surface area contributed by atoms with Crippen molar-refractivity contribution in [3.63, 3.8) is 0 Å². The van der Waals surface area contributed by atoms with E-state index in [1.165, 1.54) is 6.07 Å². The van der Waals surface area contributed by atoms with Gasteiger partial charge in [-0.15, -0.1) is 0 Å². The zero-order valence-corrected chi connectivity index (χ0v) is 11.2. The SMILES string of the molecule is C=CC(=O)OCCN(C)c1ccc([N+](=O)[O-])c2nonc12. The Morgan fingerprint density at radius 2 is 2.24 bits per heavy atom. The molecule has 21 heavy (non-hydrogen) atoms. The molecule has 0 saturated carbocycles. The summed E-state index contributed by atoms with van der Waals surface area (Å²) in [6.07, 6.45) is 1.08. The zero-order valence-electron chi connectivity index (χ0n) is 11.2. The number of hydrogen-bond donors (Lipinski definition) is 0. The Morgan fingerprint density at radius 1 is 1.52 bits per heavy atom. The maximum Gasteiger partial charge on any atom is 0.330 e. The van der Waals surface area contributed by atoms with Crippen LogP contribution in [0.4, 0.5) is 11.4 Å². The number of carbonyl (C=O) groups excluding carboxylic acids is 1. The van der Waals surface area contributed by atoms with E-state index in [-0.39, 0.29) is 23.3 Å². The second kappa shape index (κ2) is 5.99. The summed E-state index contributed by atoms with van der Waals surface area (Å²) in [5.74, 6) is -0.514. The first-order chi connectivity index (χ1) is 10.0. The standard InChI is InChI=1S/C12H12N4O5/c1-3-10(17)20-7-6-15(2)8-4-5-9(16(18)19)12-11(8)13-21-14-12/h3-5H,1,6-7H2,2H3. The Hall–Kier alpha value is -2.97. The predicted octanol–water partition coefficient (Wildman–Crippen LogP) is 1.30. The molecule has 110 valence electrons. The Bertz CT molecular complexity index is 696. The van der Waals surface area contributed by atoms with E-state index in [2.05, 4.69) is 21.5 Å². The molecule has 0 amide bonds. The lowest BCUT2D eigenvalue weighted by Gasteiger charge is -2.18. The topological polar surface area (TPSA) is 112 Å². The minimum absolute atomic E-state index is 0.0763. The number of fused-ring (bicyclic) bond motifs is 1. The first-order valence-electron chi connectivity index (χ1n) is 5.94. The van der Waals surface area contributed by atoms with E-state index in [1.54, 1.807) is 18.0 Å². The van der Waals surface area contributed by atoms with Crippen molar-refractivity contribution in [3.8, 4) is 0 Å². The third-order valence-corrected chi connectivity index (χ3v) is 2.82. The molecule has 2 rings (SSSR count). The zero-order chi connectivity index (χ0) is 15.4. The normalized spacial score (nSPS) is 10.3. The molecule has 0 bridgehead atoms. The molecule has 1 heterocycles. The van der Waals surface area contributed by atoms with Crippen LogP contribution in [0.25, 0.3) is 11.0 Å². The van der Waals surface area contributed by atoms with Crippen molar-refractivity contribution in [1.29, 1.82) is 0 Å². The van der Waals surface area contributed by atoms with Gasteiger partial charge >= 0.3 is 11.7 Å². The fourth-order valence-electron chi connectivity index (χ4n) is 1.76. The fourth-order valence-corrected chi connectivity index (χ4v) is 1.76. The van der Waals surface area contributed by atoms with E-state index in [4.69, 9.17) is 4.74 Å². The van der Waals surface area contributed by atoms with Crippen LogP contribution in [0.15, 0.2) is 29.4 Å². The third kappa shape index (κ3) is 2.96. The maximum absolute atomic E-state index is 10.9. The minimum atomic E-state index is -0.553. The van der Waals surface area contributed by atoms with E-state index in [0.29, 0.717) is 12.2 Å². The number of carbonyl (C=O) groups is 1. The highest BCUT2D eigenvalue weighted by Crippen LogP contribution is 2.30. The molecule has 0 atom stereocenters. The summed E-state index contributed by atoms with van der Waals surface area (Å²) in [7, 11) is 1.73. The Kier molecular flexibility index (Phi) is 4.12. The third-order valence-electron chi connectivity index (χ3n) is 2.82. The second-order valence-corrected chi connectivity index (χ2v) is 4.12. The van der Waals surface area contributed by atoms with E-state index >= 15 is 0 Å². The van der Waals surface area contributed by atoms with Crippen LogP contribution in [-0.4, -0.2) is 41.4 Å². The van der Waals surface area contributed by atoms with Gasteiger partial charge in [0.25, 0.3) is 0 Å². The quantitative estimate of drug-likeness (QED) is 0.339. The highest BCUT2D eigenvalue weighted by molar-refractivity contribution is 5.93. The summed E-state index contributed by atoms with van der Waals surface area (Å²) in [6.45, 7) is 3.81. The van der Waals surface area contributed by atoms with E-state index in [1.807, 2.05) is 0 Å². The number of rotatable bonds is 6. The average Bonchev–Trinajstić information content (AvgIpc) is 2.94. The lowest BCUT2D eigenvalue weighted by Crippen LogP contribution is -2.23. The van der Waals surface area contributed by atoms with Crippen LogP contribution < -0.4 is 4.90 Å². The van der Waals surface area contributed by atoms with Gasteiger partial charge in [-0.1, -0.05) is 6.58 Å². The predicted molar refractivity (Wildman–Crippen MR) is 72.9 cm³/mol. The van der Waals surface area contributed by atoms with Gasteiger partial charge in [0, 0.05) is 19.2 Å². The highest BCUT2D eigenvalue weighted by atomic mass is 16.6. The molecule has 2 aromatic rings. The summed E-state index contributed by atoms with van der Waals surface area (Å²) in [5.41, 5.74) is 0.766. The number of likely N-dealkylation sites (N-methyl/N-ethyl adjacent to an activating group) is 1. The van der Waals surface area contributed by atoms with Crippen LogP contribution >= 0.6 is 0 Å². The molecular weight excluding hydrogens is 280 g/mol. The number of anilines is 1. The van der Waals surface area contributed by atoms with Gasteiger partial charge < -0.3 is 9.64 Å². The van der Waals surface area contributed by atoms with E-state index < -0.39 is 10.9 Å². The number of nitro groups is 1. The Balaban J connectivity index is 2.20. The van der Waals surface area contributed by atoms with Gasteiger partial charge in [0.05, 0.1) is 17.2 Å². The monoisotopic (exact) mass is 292 g/mol. The van der Waals surface area contributed by atoms with Crippen LogP contribution in [-0.2, 0) is 9.53 Å². The number of non-ortho nitro benzene ring substituents is 1. The van der Waals surface area contributed by atoms with Crippen molar-refractivity contribution in [2.75, 3.05) is 25.1 Å². The minimum Gasteiger partial charge on any atom is -0.461 e. The van der Waals surface area contributed by atoms with Crippen molar-refractivity contribution in [2.45, 2.75) is 0 Å². The molecule has 9 heteroatoms. The van der Waals surface area contributed by atoms with Gasteiger partial charge in [0.2, 0.25) is 5.52 Å². The molecule has 0 saturated heterocycles. The summed E-state index contributed by atoms with van der Waals surface area (Å²) in [5, 5.41) is 18.1. The summed E-state index contributed by atoms with van der Waals surface area (Å²) in [6, 6.07) is 2.87. The van der Waals surface area contributed by atoms with Gasteiger partial charge in [-0.05, 0) is 16.4 Å². The second-order valence-electron chi connectivity index (χ2n) is 4.12. The van der Waals surface area contributed by atoms with Gasteiger partial charge in [0.1, 0.15) is 6.61 Å². The molecule has 0 aliphatic rings. The van der Waals surface area contributed by atoms with E-state index in [9.17, 15) is 14.9 Å². The van der Waals surface area contributed by atoms with Crippen molar-refractivity contribution < 1.29 is 19.1 Å². The molecule has 0 unspecified atom stereocenters. The smallest absolute Gasteiger partial charge is 0.330 e. The molecule has 0 aliphatic heterocycles. The van der Waals surface area contributed by atoms with Gasteiger partial charge in [-0.25, -0.2) is 9.42 Å². The molecule has 1 aromatic carbocycles. The lowest BCUT2D eigenvalue weighted by molar-refractivity contribution is -0.383. The summed E-state index contributed by atoms with van der Waals surface area (Å²) < 4.78 is 9.45. The van der Waals surface area contributed by atoms with Gasteiger partial charge in [-0.2, -0.15) is 0 Å². The summed E-state index contributed by atoms with van der Waals surface area (Å²) >= 11 is 0.